The standard InChI is InChI=1S/C25H32N2O4S/c28-23(20-31-25-12-6-10-22-9-4-5-11-24(22)25)19-26-14-16-27(17-15-26)32(29,30)18-13-21-7-2-1-3-8-21/h1-5,7-9,11,13,18,23,25,28H,6,10,12,14-17,19-20H2/b18-13+/t23-,25+/m1/s1. The number of nitrogens with zero attached hydrogens (tertiary/aromatic N) is 2. The van der Waals surface area contributed by atoms with Crippen molar-refractivity contribution in [2.45, 2.75) is 31.5 Å². The fraction of sp³-hybridized carbons (Fsp3) is 0.440. The molecule has 2 atom stereocenters. The van der Waals surface area contributed by atoms with Gasteiger partial charge in [0, 0.05) is 38.1 Å². The molecular weight excluding hydrogens is 424 g/mol. The Labute approximate surface area is 191 Å². The van der Waals surface area contributed by atoms with Crippen LogP contribution in [0, 0.1) is 0 Å². The van der Waals surface area contributed by atoms with Gasteiger partial charge in [-0.05, 0) is 42.0 Å². The Balaban J connectivity index is 1.22. The third kappa shape index (κ3) is 6.05. The van der Waals surface area contributed by atoms with E-state index >= 15 is 0 Å². The van der Waals surface area contributed by atoms with Crippen LogP contribution in [0.4, 0.5) is 0 Å². The molecule has 0 unspecified atom stereocenters. The second-order valence-electron chi connectivity index (χ2n) is 8.52. The fourth-order valence-corrected chi connectivity index (χ4v) is 5.62. The average Bonchev–Trinajstić information content (AvgIpc) is 2.82. The summed E-state index contributed by atoms with van der Waals surface area (Å²) in [6.07, 6.45) is 4.26. The lowest BCUT2D eigenvalue weighted by molar-refractivity contribution is -0.0304. The Morgan fingerprint density at radius 2 is 1.75 bits per heavy atom. The lowest BCUT2D eigenvalue weighted by Crippen LogP contribution is -2.50. The first-order chi connectivity index (χ1) is 15.5. The molecule has 1 aliphatic carbocycles. The number of benzene rings is 2. The largest absolute Gasteiger partial charge is 0.389 e. The Kier molecular flexibility index (Phi) is 7.75. The van der Waals surface area contributed by atoms with Gasteiger partial charge in [-0.1, -0.05) is 54.6 Å². The highest BCUT2D eigenvalue weighted by Gasteiger charge is 2.27. The van der Waals surface area contributed by atoms with E-state index in [1.165, 1.54) is 20.8 Å². The first-order valence-corrected chi connectivity index (χ1v) is 12.8. The summed E-state index contributed by atoms with van der Waals surface area (Å²) in [5.41, 5.74) is 3.45. The van der Waals surface area contributed by atoms with Gasteiger partial charge in [0.1, 0.15) is 0 Å². The fourth-order valence-electron chi connectivity index (χ4n) is 4.44. The molecule has 0 spiro atoms. The number of piperazine rings is 1. The lowest BCUT2D eigenvalue weighted by Gasteiger charge is -2.34. The van der Waals surface area contributed by atoms with Gasteiger partial charge >= 0.3 is 0 Å². The third-order valence-electron chi connectivity index (χ3n) is 6.20. The summed E-state index contributed by atoms with van der Waals surface area (Å²) in [7, 11) is -3.45. The molecule has 0 bridgehead atoms. The molecule has 1 heterocycles. The number of aliphatic hydroxyl groups excluding tert-OH is 1. The lowest BCUT2D eigenvalue weighted by atomic mass is 9.89. The molecular formula is C25H32N2O4S. The molecule has 2 aromatic carbocycles. The molecule has 32 heavy (non-hydrogen) atoms. The highest BCUT2D eigenvalue weighted by Crippen LogP contribution is 2.32. The summed E-state index contributed by atoms with van der Waals surface area (Å²) in [5.74, 6) is 0. The second-order valence-corrected chi connectivity index (χ2v) is 10.3. The van der Waals surface area contributed by atoms with Crippen molar-refractivity contribution in [2.24, 2.45) is 0 Å². The van der Waals surface area contributed by atoms with E-state index in [9.17, 15) is 13.5 Å². The normalized spacial score (nSPS) is 21.5. The molecule has 0 amide bonds. The van der Waals surface area contributed by atoms with Crippen LogP contribution in [-0.4, -0.2) is 68.2 Å². The molecule has 6 nitrogen and oxygen atoms in total. The van der Waals surface area contributed by atoms with Crippen molar-refractivity contribution in [2.75, 3.05) is 39.3 Å². The number of rotatable bonds is 8. The summed E-state index contributed by atoms with van der Waals surface area (Å²) >= 11 is 0. The minimum Gasteiger partial charge on any atom is -0.389 e. The van der Waals surface area contributed by atoms with Crippen LogP contribution in [0.15, 0.2) is 60.0 Å². The SMILES string of the molecule is O=S(=O)(/C=C/c1ccccc1)N1CCN(C[C@@H](O)CO[C@H]2CCCc3ccccc32)CC1. The molecule has 1 saturated heterocycles. The first kappa shape index (κ1) is 23.1. The zero-order valence-corrected chi connectivity index (χ0v) is 19.2. The summed E-state index contributed by atoms with van der Waals surface area (Å²) in [4.78, 5) is 2.11. The number of β-amino-alcohol motifs (C(OH)–C–C–N with tert-alkyl or cyclic N) is 1. The van der Waals surface area contributed by atoms with Crippen molar-refractivity contribution in [1.82, 2.24) is 9.21 Å². The van der Waals surface area contributed by atoms with Gasteiger partial charge in [-0.2, -0.15) is 4.31 Å². The average molecular weight is 457 g/mol. The van der Waals surface area contributed by atoms with Gasteiger partial charge in [0.05, 0.1) is 18.8 Å². The minimum absolute atomic E-state index is 0.0491. The topological polar surface area (TPSA) is 70.1 Å². The summed E-state index contributed by atoms with van der Waals surface area (Å²) < 4.78 is 32.8. The van der Waals surface area contributed by atoms with Crippen LogP contribution in [0.3, 0.4) is 0 Å². The molecule has 1 aliphatic heterocycles. The predicted octanol–water partition coefficient (Wildman–Crippen LogP) is 3.06. The Morgan fingerprint density at radius 1 is 1.03 bits per heavy atom. The van der Waals surface area contributed by atoms with E-state index in [4.69, 9.17) is 4.74 Å². The Hall–Kier alpha value is -2.03. The maximum atomic E-state index is 12.6. The number of ether oxygens (including phenoxy) is 1. The molecule has 0 saturated carbocycles. The number of fused-ring (bicyclic) bond motifs is 1. The number of aryl methyl sites for hydroxylation is 1. The van der Waals surface area contributed by atoms with Crippen molar-refractivity contribution in [3.8, 4) is 0 Å². The van der Waals surface area contributed by atoms with E-state index in [1.54, 1.807) is 6.08 Å². The number of aliphatic hydroxyl groups is 1. The van der Waals surface area contributed by atoms with E-state index in [0.29, 0.717) is 32.7 Å². The van der Waals surface area contributed by atoms with E-state index in [1.807, 2.05) is 36.4 Å². The van der Waals surface area contributed by atoms with Gasteiger partial charge < -0.3 is 9.84 Å². The van der Waals surface area contributed by atoms with E-state index in [0.717, 1.165) is 24.8 Å². The smallest absolute Gasteiger partial charge is 0.236 e. The molecule has 0 aromatic heterocycles. The molecule has 2 aliphatic rings. The summed E-state index contributed by atoms with van der Waals surface area (Å²) in [5, 5.41) is 11.8. The van der Waals surface area contributed by atoms with Crippen molar-refractivity contribution >= 4 is 16.1 Å². The molecule has 1 N–H and O–H groups in total. The van der Waals surface area contributed by atoms with Crippen LogP contribution in [0.5, 0.6) is 0 Å². The van der Waals surface area contributed by atoms with Crippen LogP contribution in [0.25, 0.3) is 6.08 Å². The van der Waals surface area contributed by atoms with E-state index in [2.05, 4.69) is 23.1 Å². The van der Waals surface area contributed by atoms with Gasteiger partial charge in [0.25, 0.3) is 0 Å². The van der Waals surface area contributed by atoms with Gasteiger partial charge in [-0.3, -0.25) is 4.90 Å². The molecule has 7 heteroatoms. The zero-order chi connectivity index (χ0) is 22.4. The van der Waals surface area contributed by atoms with Gasteiger partial charge in [-0.25, -0.2) is 8.42 Å². The minimum atomic E-state index is -3.45. The summed E-state index contributed by atoms with van der Waals surface area (Å²) in [6.45, 7) is 2.82. The van der Waals surface area contributed by atoms with Crippen molar-refractivity contribution in [3.05, 3.63) is 76.7 Å². The Bertz CT molecular complexity index is 1000. The number of hydrogen-bond acceptors (Lipinski definition) is 5. The predicted molar refractivity (Wildman–Crippen MR) is 126 cm³/mol. The van der Waals surface area contributed by atoms with Crippen molar-refractivity contribution in [3.63, 3.8) is 0 Å². The molecule has 1 fully saturated rings. The third-order valence-corrected chi connectivity index (χ3v) is 7.76. The van der Waals surface area contributed by atoms with Gasteiger partial charge in [0.15, 0.2) is 0 Å². The molecule has 172 valence electrons. The second kappa shape index (κ2) is 10.7. The highest BCUT2D eigenvalue weighted by atomic mass is 32.2. The quantitative estimate of drug-likeness (QED) is 0.661. The molecule has 0 radical (unpaired) electrons. The zero-order valence-electron chi connectivity index (χ0n) is 18.3. The molecule has 4 rings (SSSR count). The van der Waals surface area contributed by atoms with Gasteiger partial charge in [-0.15, -0.1) is 0 Å². The van der Waals surface area contributed by atoms with Crippen LogP contribution < -0.4 is 0 Å². The monoisotopic (exact) mass is 456 g/mol. The first-order valence-electron chi connectivity index (χ1n) is 11.3. The number of sulfonamides is 1. The number of hydrogen-bond donors (Lipinski definition) is 1. The molecule has 2 aromatic rings. The maximum absolute atomic E-state index is 12.6. The van der Waals surface area contributed by atoms with Crippen molar-refractivity contribution in [1.29, 1.82) is 0 Å². The van der Waals surface area contributed by atoms with E-state index in [-0.39, 0.29) is 12.7 Å². The summed E-state index contributed by atoms with van der Waals surface area (Å²) in [6, 6.07) is 17.8. The van der Waals surface area contributed by atoms with Gasteiger partial charge in [0.2, 0.25) is 10.0 Å². The van der Waals surface area contributed by atoms with E-state index < -0.39 is 16.1 Å². The highest BCUT2D eigenvalue weighted by molar-refractivity contribution is 7.92. The Morgan fingerprint density at radius 3 is 2.53 bits per heavy atom. The maximum Gasteiger partial charge on any atom is 0.236 e. The van der Waals surface area contributed by atoms with Crippen LogP contribution >= 0.6 is 0 Å². The van der Waals surface area contributed by atoms with Crippen LogP contribution in [0.1, 0.15) is 35.6 Å². The van der Waals surface area contributed by atoms with Crippen LogP contribution in [-0.2, 0) is 21.2 Å². The van der Waals surface area contributed by atoms with Crippen LogP contribution in [0.2, 0.25) is 0 Å². The van der Waals surface area contributed by atoms with Crippen molar-refractivity contribution < 1.29 is 18.3 Å².